The van der Waals surface area contributed by atoms with Crippen molar-refractivity contribution in [3.05, 3.63) is 12.7 Å². The Kier molecular flexibility index (Phi) is 6.94. The molecule has 0 bridgehead atoms. The van der Waals surface area contributed by atoms with Crippen LogP contribution < -0.4 is 5.73 Å². The van der Waals surface area contributed by atoms with Gasteiger partial charge in [-0.2, -0.15) is 0 Å². The number of carbonyl (C=O) groups excluding carboxylic acids is 1. The monoisotopic (exact) mass is 238 g/mol. The molecule has 0 radical (unpaired) electrons. The van der Waals surface area contributed by atoms with E-state index in [-0.39, 0.29) is 0 Å². The van der Waals surface area contributed by atoms with Crippen LogP contribution >= 0.6 is 0 Å². The highest BCUT2D eigenvalue weighted by Gasteiger charge is 2.26. The third-order valence-corrected chi connectivity index (χ3v) is 3.46. The van der Waals surface area contributed by atoms with Crippen molar-refractivity contribution in [1.29, 1.82) is 0 Å². The Balaban J connectivity index is 1.99. The highest BCUT2D eigenvalue weighted by molar-refractivity contribution is 5.78. The number of carbonyl (C=O) groups is 1. The molecule has 1 rings (SSSR count). The average Bonchev–Trinajstić information content (AvgIpc) is 2.69. The van der Waals surface area contributed by atoms with Crippen LogP contribution in [-0.2, 0) is 4.79 Å². The number of amides is 1. The average molecular weight is 238 g/mol. The topological polar surface area (TPSA) is 46.3 Å². The Morgan fingerprint density at radius 3 is 2.47 bits per heavy atom. The van der Waals surface area contributed by atoms with Gasteiger partial charge in [0.05, 0.1) is 0 Å². The van der Waals surface area contributed by atoms with E-state index in [2.05, 4.69) is 6.58 Å². The van der Waals surface area contributed by atoms with Gasteiger partial charge in [0, 0.05) is 25.4 Å². The normalized spacial score (nSPS) is 19.9. The summed E-state index contributed by atoms with van der Waals surface area (Å²) in [7, 11) is 0. The lowest BCUT2D eigenvalue weighted by atomic mass is 10.1. The summed E-state index contributed by atoms with van der Waals surface area (Å²) in [6.07, 6.45) is 9.88. The molecule has 0 spiro atoms. The molecule has 1 amide bonds. The van der Waals surface area contributed by atoms with E-state index in [1.165, 1.54) is 25.7 Å². The number of hydrogen-bond donors (Lipinski definition) is 1. The van der Waals surface area contributed by atoms with Crippen molar-refractivity contribution in [1.82, 2.24) is 4.90 Å². The molecule has 1 unspecified atom stereocenters. The summed E-state index contributed by atoms with van der Waals surface area (Å²) in [6.45, 7) is 6.39. The Labute approximate surface area is 105 Å². The van der Waals surface area contributed by atoms with Gasteiger partial charge in [-0.05, 0) is 19.4 Å². The van der Waals surface area contributed by atoms with Gasteiger partial charge >= 0.3 is 0 Å². The van der Waals surface area contributed by atoms with E-state index in [0.717, 1.165) is 32.5 Å². The fourth-order valence-electron chi connectivity index (χ4n) is 2.33. The molecule has 17 heavy (non-hydrogen) atoms. The SMILES string of the molecule is C=CC1CC(=O)N(CCCCCCCCN)C1. The smallest absolute Gasteiger partial charge is 0.223 e. The molecule has 0 saturated carbocycles. The Morgan fingerprint density at radius 2 is 1.88 bits per heavy atom. The van der Waals surface area contributed by atoms with Crippen LogP contribution in [0.2, 0.25) is 0 Å². The van der Waals surface area contributed by atoms with E-state index in [1.54, 1.807) is 0 Å². The number of likely N-dealkylation sites (tertiary alicyclic amines) is 1. The largest absolute Gasteiger partial charge is 0.342 e. The first-order valence-electron chi connectivity index (χ1n) is 6.88. The zero-order chi connectivity index (χ0) is 12.5. The molecule has 3 nitrogen and oxygen atoms in total. The minimum Gasteiger partial charge on any atom is -0.342 e. The van der Waals surface area contributed by atoms with Gasteiger partial charge in [0.15, 0.2) is 0 Å². The molecule has 0 aromatic heterocycles. The summed E-state index contributed by atoms with van der Waals surface area (Å²) in [5, 5.41) is 0. The van der Waals surface area contributed by atoms with Crippen LogP contribution in [0.5, 0.6) is 0 Å². The highest BCUT2D eigenvalue weighted by atomic mass is 16.2. The van der Waals surface area contributed by atoms with E-state index in [1.807, 2.05) is 11.0 Å². The molecular formula is C14H26N2O. The summed E-state index contributed by atoms with van der Waals surface area (Å²) < 4.78 is 0. The second kappa shape index (κ2) is 8.29. The summed E-state index contributed by atoms with van der Waals surface area (Å²) in [6, 6.07) is 0. The van der Waals surface area contributed by atoms with Gasteiger partial charge in [0.25, 0.3) is 0 Å². The van der Waals surface area contributed by atoms with Gasteiger partial charge in [0.1, 0.15) is 0 Å². The van der Waals surface area contributed by atoms with Gasteiger partial charge in [0.2, 0.25) is 5.91 Å². The third kappa shape index (κ3) is 5.35. The maximum absolute atomic E-state index is 11.6. The molecule has 1 fully saturated rings. The lowest BCUT2D eigenvalue weighted by Gasteiger charge is -2.15. The van der Waals surface area contributed by atoms with Gasteiger partial charge in [-0.25, -0.2) is 0 Å². The molecule has 1 aliphatic rings. The molecule has 2 N–H and O–H groups in total. The quantitative estimate of drug-likeness (QED) is 0.495. The van der Waals surface area contributed by atoms with E-state index in [0.29, 0.717) is 18.2 Å². The minimum absolute atomic E-state index is 0.304. The lowest BCUT2D eigenvalue weighted by molar-refractivity contribution is -0.127. The zero-order valence-electron chi connectivity index (χ0n) is 10.9. The van der Waals surface area contributed by atoms with Gasteiger partial charge in [-0.3, -0.25) is 4.79 Å². The summed E-state index contributed by atoms with van der Waals surface area (Å²) in [5.74, 6) is 0.685. The number of nitrogens with two attached hydrogens (primary N) is 1. The second-order valence-corrected chi connectivity index (χ2v) is 4.95. The van der Waals surface area contributed by atoms with Gasteiger partial charge < -0.3 is 10.6 Å². The molecule has 3 heteroatoms. The first-order valence-corrected chi connectivity index (χ1v) is 6.88. The van der Waals surface area contributed by atoms with Crippen LogP contribution in [0.15, 0.2) is 12.7 Å². The van der Waals surface area contributed by atoms with Gasteiger partial charge in [-0.1, -0.05) is 31.8 Å². The number of rotatable bonds is 9. The molecule has 1 aliphatic heterocycles. The molecule has 0 aromatic carbocycles. The van der Waals surface area contributed by atoms with Crippen molar-refractivity contribution in [2.24, 2.45) is 11.7 Å². The van der Waals surface area contributed by atoms with Crippen LogP contribution in [0, 0.1) is 5.92 Å². The van der Waals surface area contributed by atoms with Crippen LogP contribution in [0.4, 0.5) is 0 Å². The second-order valence-electron chi connectivity index (χ2n) is 4.95. The van der Waals surface area contributed by atoms with Crippen molar-refractivity contribution < 1.29 is 4.79 Å². The third-order valence-electron chi connectivity index (χ3n) is 3.46. The van der Waals surface area contributed by atoms with E-state index < -0.39 is 0 Å². The van der Waals surface area contributed by atoms with Crippen LogP contribution in [0.3, 0.4) is 0 Å². The zero-order valence-corrected chi connectivity index (χ0v) is 10.9. The van der Waals surface area contributed by atoms with Crippen molar-refractivity contribution in [3.8, 4) is 0 Å². The maximum atomic E-state index is 11.6. The standard InChI is InChI=1S/C14H26N2O/c1-2-13-11-14(17)16(12-13)10-8-6-4-3-5-7-9-15/h2,13H,1,3-12,15H2. The van der Waals surface area contributed by atoms with Crippen LogP contribution in [0.25, 0.3) is 0 Å². The first kappa shape index (κ1) is 14.2. The van der Waals surface area contributed by atoms with Crippen LogP contribution in [-0.4, -0.2) is 30.4 Å². The van der Waals surface area contributed by atoms with Crippen molar-refractivity contribution in [2.75, 3.05) is 19.6 Å². The molecule has 1 atom stereocenters. The Bertz CT molecular complexity index is 240. The maximum Gasteiger partial charge on any atom is 0.223 e. The fraction of sp³-hybridized carbons (Fsp3) is 0.786. The van der Waals surface area contributed by atoms with E-state index in [9.17, 15) is 4.79 Å². The van der Waals surface area contributed by atoms with E-state index >= 15 is 0 Å². The molecule has 1 saturated heterocycles. The van der Waals surface area contributed by atoms with Gasteiger partial charge in [-0.15, -0.1) is 6.58 Å². The Morgan fingerprint density at radius 1 is 1.24 bits per heavy atom. The summed E-state index contributed by atoms with van der Waals surface area (Å²) in [4.78, 5) is 13.6. The predicted octanol–water partition coefficient (Wildman–Crippen LogP) is 2.32. The van der Waals surface area contributed by atoms with Crippen molar-refractivity contribution in [3.63, 3.8) is 0 Å². The highest BCUT2D eigenvalue weighted by Crippen LogP contribution is 2.19. The molecule has 0 aliphatic carbocycles. The van der Waals surface area contributed by atoms with E-state index in [4.69, 9.17) is 5.73 Å². The molecule has 1 heterocycles. The summed E-state index contributed by atoms with van der Waals surface area (Å²) in [5.41, 5.74) is 5.44. The van der Waals surface area contributed by atoms with Crippen molar-refractivity contribution in [2.45, 2.75) is 44.9 Å². The summed E-state index contributed by atoms with van der Waals surface area (Å²) >= 11 is 0. The van der Waals surface area contributed by atoms with Crippen molar-refractivity contribution >= 4 is 5.91 Å². The van der Waals surface area contributed by atoms with Crippen LogP contribution in [0.1, 0.15) is 44.9 Å². The Hall–Kier alpha value is -0.830. The first-order chi connectivity index (χ1) is 8.27. The number of hydrogen-bond acceptors (Lipinski definition) is 2. The number of nitrogens with zero attached hydrogens (tertiary/aromatic N) is 1. The fourth-order valence-corrected chi connectivity index (χ4v) is 2.33. The number of unbranched alkanes of at least 4 members (excludes halogenated alkanes) is 5. The molecular weight excluding hydrogens is 212 g/mol. The minimum atomic E-state index is 0.304. The predicted molar refractivity (Wildman–Crippen MR) is 71.6 cm³/mol. The lowest BCUT2D eigenvalue weighted by Crippen LogP contribution is -2.26. The molecule has 98 valence electrons. The molecule has 0 aromatic rings.